The summed E-state index contributed by atoms with van der Waals surface area (Å²) >= 11 is 3.02. The number of aromatic nitrogens is 2. The maximum absolute atomic E-state index is 11.1. The number of aliphatic carboxylic acids is 1. The van der Waals surface area contributed by atoms with Crippen molar-refractivity contribution in [2.45, 2.75) is 6.04 Å². The third-order valence-electron chi connectivity index (χ3n) is 1.69. The van der Waals surface area contributed by atoms with Crippen LogP contribution in [0.15, 0.2) is 4.47 Å². The Hall–Kier alpha value is -1.41. The van der Waals surface area contributed by atoms with Crippen LogP contribution in [0.4, 0.5) is 0 Å². The first kappa shape index (κ1) is 11.7. The van der Waals surface area contributed by atoms with E-state index in [0.29, 0.717) is 0 Å². The lowest BCUT2D eigenvalue weighted by atomic mass is 10.2. The highest BCUT2D eigenvalue weighted by Gasteiger charge is 2.25. The lowest BCUT2D eigenvalue weighted by molar-refractivity contribution is -0.138. The SMILES string of the molecule is COC(=O)c1n[nH]c(C(N)C(=O)O)c1Br. The van der Waals surface area contributed by atoms with Crippen LogP contribution in [0.2, 0.25) is 0 Å². The van der Waals surface area contributed by atoms with Gasteiger partial charge in [-0.2, -0.15) is 5.10 Å². The standard InChI is InChI=1S/C7H8BrN3O4/c1-15-7(14)5-2(8)4(10-11-5)3(9)6(12)13/h3H,9H2,1H3,(H,10,11)(H,12,13). The first-order valence-electron chi connectivity index (χ1n) is 3.79. The number of carboxylic acid groups (broad SMARTS) is 1. The van der Waals surface area contributed by atoms with Crippen molar-refractivity contribution in [3.63, 3.8) is 0 Å². The van der Waals surface area contributed by atoms with Gasteiger partial charge in [0.25, 0.3) is 0 Å². The molecule has 1 heterocycles. The average molecular weight is 278 g/mol. The molecule has 1 atom stereocenters. The molecule has 0 spiro atoms. The zero-order valence-corrected chi connectivity index (χ0v) is 9.24. The number of aromatic amines is 1. The monoisotopic (exact) mass is 277 g/mol. The van der Waals surface area contributed by atoms with E-state index < -0.39 is 18.0 Å². The van der Waals surface area contributed by atoms with Crippen LogP contribution in [-0.2, 0) is 9.53 Å². The maximum Gasteiger partial charge on any atom is 0.359 e. The number of halogens is 1. The molecule has 82 valence electrons. The van der Waals surface area contributed by atoms with E-state index >= 15 is 0 Å². The zero-order chi connectivity index (χ0) is 11.6. The molecule has 0 aliphatic carbocycles. The highest BCUT2D eigenvalue weighted by molar-refractivity contribution is 9.10. The minimum atomic E-state index is -1.27. The molecule has 8 heteroatoms. The highest BCUT2D eigenvalue weighted by atomic mass is 79.9. The first-order chi connectivity index (χ1) is 6.99. The number of nitrogens with two attached hydrogens (primary N) is 1. The van der Waals surface area contributed by atoms with E-state index in [1.807, 2.05) is 0 Å². The van der Waals surface area contributed by atoms with Crippen molar-refractivity contribution in [1.82, 2.24) is 10.2 Å². The maximum atomic E-state index is 11.1. The van der Waals surface area contributed by atoms with Crippen molar-refractivity contribution in [2.75, 3.05) is 7.11 Å². The molecule has 15 heavy (non-hydrogen) atoms. The fourth-order valence-corrected chi connectivity index (χ4v) is 1.49. The average Bonchev–Trinajstić information content (AvgIpc) is 2.57. The summed E-state index contributed by atoms with van der Waals surface area (Å²) in [5.41, 5.74) is 5.42. The molecule has 1 aromatic heterocycles. The summed E-state index contributed by atoms with van der Waals surface area (Å²) < 4.78 is 4.63. The van der Waals surface area contributed by atoms with Gasteiger partial charge in [0.1, 0.15) is 6.04 Å². The van der Waals surface area contributed by atoms with Crippen molar-refractivity contribution in [1.29, 1.82) is 0 Å². The topological polar surface area (TPSA) is 118 Å². The Bertz CT molecular complexity index is 403. The summed E-state index contributed by atoms with van der Waals surface area (Å²) in [6.45, 7) is 0. The summed E-state index contributed by atoms with van der Waals surface area (Å²) in [4.78, 5) is 21.7. The van der Waals surface area contributed by atoms with E-state index in [4.69, 9.17) is 10.8 Å². The van der Waals surface area contributed by atoms with Crippen LogP contribution in [-0.4, -0.2) is 34.4 Å². The Labute approximate surface area is 92.7 Å². The normalized spacial score (nSPS) is 12.2. The Morgan fingerprint density at radius 1 is 1.67 bits per heavy atom. The smallest absolute Gasteiger partial charge is 0.359 e. The zero-order valence-electron chi connectivity index (χ0n) is 7.65. The van der Waals surface area contributed by atoms with Crippen LogP contribution < -0.4 is 5.73 Å². The van der Waals surface area contributed by atoms with Gasteiger partial charge in [0.15, 0.2) is 5.69 Å². The van der Waals surface area contributed by atoms with Gasteiger partial charge in [0, 0.05) is 0 Å². The molecule has 1 unspecified atom stereocenters. The predicted molar refractivity (Wildman–Crippen MR) is 52.2 cm³/mol. The molecular formula is C7H8BrN3O4. The predicted octanol–water partition coefficient (Wildman–Crippen LogP) is 0.0432. The molecule has 0 aromatic carbocycles. The van der Waals surface area contributed by atoms with E-state index in [1.165, 1.54) is 7.11 Å². The van der Waals surface area contributed by atoms with Gasteiger partial charge in [-0.1, -0.05) is 0 Å². The second-order valence-electron chi connectivity index (χ2n) is 2.61. The molecule has 0 fully saturated rings. The number of hydrogen-bond donors (Lipinski definition) is 3. The van der Waals surface area contributed by atoms with Gasteiger partial charge < -0.3 is 15.6 Å². The third kappa shape index (κ3) is 2.16. The first-order valence-corrected chi connectivity index (χ1v) is 4.58. The summed E-state index contributed by atoms with van der Waals surface area (Å²) in [5, 5.41) is 14.6. The van der Waals surface area contributed by atoms with E-state index in [0.717, 1.165) is 0 Å². The van der Waals surface area contributed by atoms with Gasteiger partial charge in [-0.15, -0.1) is 0 Å². The largest absolute Gasteiger partial charge is 0.480 e. The fraction of sp³-hybridized carbons (Fsp3) is 0.286. The van der Waals surface area contributed by atoms with E-state index in [1.54, 1.807) is 0 Å². The molecule has 4 N–H and O–H groups in total. The van der Waals surface area contributed by atoms with E-state index in [2.05, 4.69) is 30.9 Å². The second kappa shape index (κ2) is 4.41. The van der Waals surface area contributed by atoms with Gasteiger partial charge in [-0.3, -0.25) is 9.89 Å². The number of ether oxygens (including phenoxy) is 1. The second-order valence-corrected chi connectivity index (χ2v) is 3.40. The Morgan fingerprint density at radius 2 is 2.27 bits per heavy atom. The number of hydrogen-bond acceptors (Lipinski definition) is 5. The highest BCUT2D eigenvalue weighted by Crippen LogP contribution is 2.24. The molecule has 0 radical (unpaired) electrons. The van der Waals surface area contributed by atoms with Gasteiger partial charge >= 0.3 is 11.9 Å². The van der Waals surface area contributed by atoms with E-state index in [9.17, 15) is 9.59 Å². The molecule has 0 aliphatic heterocycles. The van der Waals surface area contributed by atoms with Gasteiger partial charge in [-0.25, -0.2) is 4.79 Å². The van der Waals surface area contributed by atoms with Crippen LogP contribution in [0, 0.1) is 0 Å². The molecule has 0 amide bonds. The van der Waals surface area contributed by atoms with Crippen LogP contribution in [0.3, 0.4) is 0 Å². The van der Waals surface area contributed by atoms with Crippen LogP contribution >= 0.6 is 15.9 Å². The number of methoxy groups -OCH3 is 1. The van der Waals surface area contributed by atoms with Gasteiger partial charge in [0.2, 0.25) is 0 Å². The number of H-pyrrole nitrogens is 1. The van der Waals surface area contributed by atoms with Crippen molar-refractivity contribution < 1.29 is 19.4 Å². The molecule has 0 saturated carbocycles. The molecule has 0 saturated heterocycles. The number of rotatable bonds is 3. The summed E-state index contributed by atoms with van der Waals surface area (Å²) in [6, 6.07) is -1.27. The quantitative estimate of drug-likeness (QED) is 0.672. The van der Waals surface area contributed by atoms with Crippen LogP contribution in [0.1, 0.15) is 22.2 Å². The molecule has 1 rings (SSSR count). The lowest BCUT2D eigenvalue weighted by Gasteiger charge is -2.03. The third-order valence-corrected chi connectivity index (χ3v) is 2.49. The van der Waals surface area contributed by atoms with Crippen molar-refractivity contribution in [3.05, 3.63) is 15.9 Å². The summed E-state index contributed by atoms with van der Waals surface area (Å²) in [7, 11) is 1.19. The molecular weight excluding hydrogens is 270 g/mol. The van der Waals surface area contributed by atoms with Gasteiger partial charge in [-0.05, 0) is 15.9 Å². The number of nitrogens with one attached hydrogen (secondary N) is 1. The van der Waals surface area contributed by atoms with Crippen molar-refractivity contribution in [3.8, 4) is 0 Å². The number of carboxylic acids is 1. The number of carbonyl (C=O) groups is 2. The van der Waals surface area contributed by atoms with E-state index in [-0.39, 0.29) is 15.9 Å². The minimum absolute atomic E-state index is 0.0378. The molecule has 7 nitrogen and oxygen atoms in total. The van der Waals surface area contributed by atoms with Crippen LogP contribution in [0.5, 0.6) is 0 Å². The minimum Gasteiger partial charge on any atom is -0.480 e. The number of nitrogens with zero attached hydrogens (tertiary/aromatic N) is 1. The van der Waals surface area contributed by atoms with Gasteiger partial charge in [0.05, 0.1) is 17.3 Å². The van der Waals surface area contributed by atoms with Crippen molar-refractivity contribution >= 4 is 27.9 Å². The summed E-state index contributed by atoms with van der Waals surface area (Å²) in [6.07, 6.45) is 0. The molecule has 0 aliphatic rings. The Morgan fingerprint density at radius 3 is 2.73 bits per heavy atom. The Balaban J connectivity index is 3.09. The Kier molecular flexibility index (Phi) is 3.43. The lowest BCUT2D eigenvalue weighted by Crippen LogP contribution is -2.21. The van der Waals surface area contributed by atoms with Crippen LogP contribution in [0.25, 0.3) is 0 Å². The van der Waals surface area contributed by atoms with Crippen molar-refractivity contribution in [2.24, 2.45) is 5.73 Å². The fourth-order valence-electron chi connectivity index (χ4n) is 0.903. The molecule has 1 aromatic rings. The number of esters is 1. The number of carbonyl (C=O) groups excluding carboxylic acids is 1. The molecule has 0 bridgehead atoms. The summed E-state index contributed by atoms with van der Waals surface area (Å²) in [5.74, 6) is -1.90.